The van der Waals surface area contributed by atoms with Gasteiger partial charge in [-0.25, -0.2) is 0 Å². The zero-order valence-corrected chi connectivity index (χ0v) is 17.7. The van der Waals surface area contributed by atoms with Gasteiger partial charge in [0.05, 0.1) is 12.0 Å². The summed E-state index contributed by atoms with van der Waals surface area (Å²) in [7, 11) is 1.52. The summed E-state index contributed by atoms with van der Waals surface area (Å²) in [6.07, 6.45) is 0. The fourth-order valence-electron chi connectivity index (χ4n) is 3.38. The van der Waals surface area contributed by atoms with E-state index in [1.807, 2.05) is 0 Å². The molecule has 1 aromatic heterocycles. The van der Waals surface area contributed by atoms with E-state index in [1.165, 1.54) is 7.11 Å². The second kappa shape index (κ2) is 8.95. The van der Waals surface area contributed by atoms with E-state index in [2.05, 4.69) is 0 Å². The smallest absolute Gasteiger partial charge is 0.337 e. The summed E-state index contributed by atoms with van der Waals surface area (Å²) in [5.74, 6) is 0.513. The van der Waals surface area contributed by atoms with E-state index >= 15 is 0 Å². The molecule has 0 unspecified atom stereocenters. The predicted octanol–water partition coefficient (Wildman–Crippen LogP) is 6.02. The van der Waals surface area contributed by atoms with E-state index in [0.29, 0.717) is 21.6 Å². The summed E-state index contributed by atoms with van der Waals surface area (Å²) in [5, 5.41) is 25.2. The van der Waals surface area contributed by atoms with Crippen molar-refractivity contribution in [3.8, 4) is 39.6 Å². The molecule has 0 spiro atoms. The average Bonchev–Trinajstić information content (AvgIpc) is 2.83. The molecule has 4 rings (SSSR count). The molecule has 0 saturated heterocycles. The van der Waals surface area contributed by atoms with E-state index in [0.717, 1.165) is 0 Å². The van der Waals surface area contributed by atoms with E-state index in [4.69, 9.17) is 21.1 Å². The number of nitrogens with zero attached hydrogens (tertiary/aromatic N) is 2. The minimum absolute atomic E-state index is 0.0654. The second-order valence-electron chi connectivity index (χ2n) is 6.75. The van der Waals surface area contributed by atoms with Gasteiger partial charge in [-0.2, -0.15) is 0 Å². The van der Waals surface area contributed by atoms with E-state index < -0.39 is 15.8 Å². The lowest BCUT2D eigenvalue weighted by atomic mass is 9.97. The molecule has 0 aliphatic carbocycles. The predicted molar refractivity (Wildman–Crippen MR) is 121 cm³/mol. The molecule has 3 aromatic carbocycles. The molecule has 0 fully saturated rings. The second-order valence-corrected chi connectivity index (χ2v) is 7.11. The molecule has 0 aliphatic rings. The van der Waals surface area contributed by atoms with Gasteiger partial charge in [-0.15, -0.1) is 4.73 Å². The summed E-state index contributed by atoms with van der Waals surface area (Å²) in [6, 6.07) is 23.7. The summed E-state index contributed by atoms with van der Waals surface area (Å²) >= 11 is 6.36. The minimum Gasteiger partial charge on any atom is -0.617 e. The van der Waals surface area contributed by atoms with Gasteiger partial charge in [0.25, 0.3) is 5.75 Å². The normalized spacial score (nSPS) is 10.6. The Labute approximate surface area is 188 Å². The lowest BCUT2D eigenvalue weighted by Gasteiger charge is -2.16. The number of hydrogen-bond donors (Lipinski definition) is 0. The molecule has 0 aliphatic heterocycles. The zero-order chi connectivity index (χ0) is 22.7. The molecule has 32 heavy (non-hydrogen) atoms. The Bertz CT molecular complexity index is 1260. The topological polar surface area (TPSA) is 88.5 Å². The number of hydrogen-bond acceptors (Lipinski definition) is 5. The van der Waals surface area contributed by atoms with E-state index in [-0.39, 0.29) is 22.8 Å². The highest BCUT2D eigenvalue weighted by atomic mass is 35.5. The third kappa shape index (κ3) is 3.93. The monoisotopic (exact) mass is 448 g/mol. The van der Waals surface area contributed by atoms with Crippen molar-refractivity contribution >= 4 is 17.3 Å². The zero-order valence-electron chi connectivity index (χ0n) is 16.9. The van der Waals surface area contributed by atoms with E-state index in [9.17, 15) is 15.3 Å². The fourth-order valence-corrected chi connectivity index (χ4v) is 3.59. The van der Waals surface area contributed by atoms with Crippen molar-refractivity contribution < 1.29 is 19.1 Å². The maximum atomic E-state index is 13.3. The van der Waals surface area contributed by atoms with E-state index in [1.54, 1.807) is 84.9 Å². The van der Waals surface area contributed by atoms with Crippen LogP contribution in [0.4, 0.5) is 5.69 Å². The summed E-state index contributed by atoms with van der Waals surface area (Å²) in [5.41, 5.74) is 0.754. The molecule has 0 N–H and O–H groups in total. The first-order valence-corrected chi connectivity index (χ1v) is 9.95. The van der Waals surface area contributed by atoms with Crippen LogP contribution in [0.1, 0.15) is 0 Å². The van der Waals surface area contributed by atoms with Crippen LogP contribution < -0.4 is 14.2 Å². The SMILES string of the molecule is COc1ccc(Oc2c([N+](=O)[O-])c(-c3ccccc3)c(-c3ccccc3)[n+]([O-])c2Cl)cc1. The third-order valence-electron chi connectivity index (χ3n) is 4.83. The van der Waals surface area contributed by atoms with Crippen molar-refractivity contribution in [3.63, 3.8) is 0 Å². The van der Waals surface area contributed by atoms with Crippen molar-refractivity contribution in [2.24, 2.45) is 0 Å². The number of halogens is 1. The van der Waals surface area contributed by atoms with Crippen LogP contribution >= 0.6 is 11.6 Å². The molecule has 0 amide bonds. The first-order valence-electron chi connectivity index (χ1n) is 9.57. The minimum atomic E-state index is -0.584. The number of ether oxygens (including phenoxy) is 2. The van der Waals surface area contributed by atoms with Crippen LogP contribution in [0.2, 0.25) is 5.15 Å². The maximum absolute atomic E-state index is 13.3. The molecule has 1 heterocycles. The Kier molecular flexibility index (Phi) is 5.91. The highest BCUT2D eigenvalue weighted by molar-refractivity contribution is 6.30. The van der Waals surface area contributed by atoms with Gasteiger partial charge < -0.3 is 14.7 Å². The fraction of sp³-hybridized carbons (Fsp3) is 0.0417. The Hall–Kier alpha value is -4.10. The van der Waals surface area contributed by atoms with Crippen LogP contribution in [0.15, 0.2) is 84.9 Å². The Balaban J connectivity index is 2.03. The van der Waals surface area contributed by atoms with Gasteiger partial charge >= 0.3 is 10.8 Å². The molecule has 0 radical (unpaired) electrons. The molecule has 160 valence electrons. The standard InChI is InChI=1S/C24H17ClN2O5/c1-31-18-12-14-19(15-13-18)32-23-22(27(29)30)20(16-8-4-2-5-9-16)21(26(28)24(23)25)17-10-6-3-7-11-17/h2-15H,1H3. The van der Waals surface area contributed by atoms with Crippen molar-refractivity contribution in [1.82, 2.24) is 0 Å². The number of benzene rings is 3. The number of rotatable bonds is 6. The Morgan fingerprint density at radius 3 is 1.91 bits per heavy atom. The van der Waals surface area contributed by atoms with Gasteiger partial charge in [0, 0.05) is 5.56 Å². The van der Waals surface area contributed by atoms with Gasteiger partial charge in [-0.05, 0) is 53.6 Å². The largest absolute Gasteiger partial charge is 0.617 e. The number of nitro groups is 1. The van der Waals surface area contributed by atoms with Crippen molar-refractivity contribution in [3.05, 3.63) is 105 Å². The maximum Gasteiger partial charge on any atom is 0.337 e. The molecule has 7 nitrogen and oxygen atoms in total. The van der Waals surface area contributed by atoms with Gasteiger partial charge in [0.1, 0.15) is 17.1 Å². The molecule has 0 atom stereocenters. The molecule has 0 bridgehead atoms. The lowest BCUT2D eigenvalue weighted by Crippen LogP contribution is -2.32. The number of methoxy groups -OCH3 is 1. The third-order valence-corrected chi connectivity index (χ3v) is 5.15. The number of pyridine rings is 1. The highest BCUT2D eigenvalue weighted by Gasteiger charge is 2.38. The van der Waals surface area contributed by atoms with Crippen molar-refractivity contribution in [2.75, 3.05) is 7.11 Å². The summed E-state index contributed by atoms with van der Waals surface area (Å²) in [4.78, 5) is 11.7. The average molecular weight is 449 g/mol. The first kappa shape index (κ1) is 21.1. The van der Waals surface area contributed by atoms with Gasteiger partial charge in [-0.1, -0.05) is 48.5 Å². The van der Waals surface area contributed by atoms with Crippen LogP contribution in [0, 0.1) is 15.3 Å². The van der Waals surface area contributed by atoms with Gasteiger partial charge in [0.15, 0.2) is 0 Å². The van der Waals surface area contributed by atoms with Crippen molar-refractivity contribution in [2.45, 2.75) is 0 Å². The molecule has 0 saturated carbocycles. The molecular weight excluding hydrogens is 432 g/mol. The van der Waals surface area contributed by atoms with Crippen LogP contribution in [-0.2, 0) is 0 Å². The highest BCUT2D eigenvalue weighted by Crippen LogP contribution is 2.47. The van der Waals surface area contributed by atoms with Crippen LogP contribution in [-0.4, -0.2) is 12.0 Å². The quantitative estimate of drug-likeness (QED) is 0.118. The van der Waals surface area contributed by atoms with Crippen LogP contribution in [0.25, 0.3) is 22.4 Å². The molecule has 4 aromatic rings. The Morgan fingerprint density at radius 2 is 1.38 bits per heavy atom. The Morgan fingerprint density at radius 1 is 0.844 bits per heavy atom. The van der Waals surface area contributed by atoms with Crippen molar-refractivity contribution in [1.29, 1.82) is 0 Å². The first-order chi connectivity index (χ1) is 15.5. The van der Waals surface area contributed by atoms with Gasteiger partial charge in [0.2, 0.25) is 5.69 Å². The van der Waals surface area contributed by atoms with Crippen LogP contribution in [0.5, 0.6) is 17.2 Å². The van der Waals surface area contributed by atoms with Crippen LogP contribution in [0.3, 0.4) is 0 Å². The van der Waals surface area contributed by atoms with Gasteiger partial charge in [-0.3, -0.25) is 10.1 Å². The summed E-state index contributed by atoms with van der Waals surface area (Å²) in [6.45, 7) is 0. The molecule has 8 heteroatoms. The number of aromatic nitrogens is 1. The molecular formula is C24H17ClN2O5. The lowest BCUT2D eigenvalue weighted by molar-refractivity contribution is -0.591. The summed E-state index contributed by atoms with van der Waals surface area (Å²) < 4.78 is 11.4.